The van der Waals surface area contributed by atoms with E-state index >= 15 is 0 Å². The average Bonchev–Trinajstić information content (AvgIpc) is 3.17. The molecule has 0 aliphatic heterocycles. The Morgan fingerprint density at radius 3 is 2.35 bits per heavy atom. The number of aliphatic hydroxyl groups excluding tert-OH is 3. The Hall–Kier alpha value is -1.51. The molecular weight excluding hydrogens is 472 g/mol. The maximum atomic E-state index is 12.4. The van der Waals surface area contributed by atoms with E-state index in [1.165, 1.54) is 6.92 Å². The van der Waals surface area contributed by atoms with E-state index in [2.05, 4.69) is 31.4 Å². The van der Waals surface area contributed by atoms with Gasteiger partial charge in [0.05, 0.1) is 31.4 Å². The fraction of sp³-hybridized carbons (Fsp3) is 0.897. The minimum atomic E-state index is -0.436. The van der Waals surface area contributed by atoms with Gasteiger partial charge in [-0.15, -0.1) is 0 Å². The van der Waals surface area contributed by atoms with Crippen LogP contribution in [0.15, 0.2) is 0 Å². The number of fused-ring (bicyclic) bond motifs is 5. The molecule has 5 N–H and O–H groups in total. The van der Waals surface area contributed by atoms with Crippen LogP contribution in [0.2, 0.25) is 0 Å². The van der Waals surface area contributed by atoms with Crippen LogP contribution in [-0.2, 0) is 14.4 Å². The molecule has 4 aliphatic carbocycles. The molecule has 0 saturated heterocycles. The third-order valence-corrected chi connectivity index (χ3v) is 11.3. The molecule has 4 aliphatic rings. The van der Waals surface area contributed by atoms with Crippen LogP contribution >= 0.6 is 0 Å². The van der Waals surface area contributed by atoms with Gasteiger partial charge in [-0.3, -0.25) is 14.4 Å². The van der Waals surface area contributed by atoms with Gasteiger partial charge < -0.3 is 26.0 Å². The van der Waals surface area contributed by atoms with E-state index in [4.69, 9.17) is 0 Å². The summed E-state index contributed by atoms with van der Waals surface area (Å²) in [6, 6.07) is 0. The molecule has 0 aromatic carbocycles. The SMILES string of the molecule is CC(=O)CC(=O)NCNC(=O)CCC(C)C1CCC2C3C(O)CC4C[C@H](O)CC[C@]4(C)C3C[C@H](O)[C@]12C. The number of carbonyl (C=O) groups is 3. The summed E-state index contributed by atoms with van der Waals surface area (Å²) in [5.41, 5.74) is -0.219. The second-order valence-corrected chi connectivity index (χ2v) is 13.3. The summed E-state index contributed by atoms with van der Waals surface area (Å²) in [5.74, 6) is 0.804. The van der Waals surface area contributed by atoms with Gasteiger partial charge in [0.1, 0.15) is 5.78 Å². The van der Waals surface area contributed by atoms with E-state index in [0.29, 0.717) is 25.2 Å². The summed E-state index contributed by atoms with van der Waals surface area (Å²) < 4.78 is 0. The predicted molar refractivity (Wildman–Crippen MR) is 139 cm³/mol. The summed E-state index contributed by atoms with van der Waals surface area (Å²) in [6.07, 6.45) is 5.75. The van der Waals surface area contributed by atoms with E-state index in [1.807, 2.05) is 0 Å². The van der Waals surface area contributed by atoms with Crippen molar-refractivity contribution in [1.82, 2.24) is 10.6 Å². The van der Waals surface area contributed by atoms with Gasteiger partial charge in [0.15, 0.2) is 0 Å². The number of Topliss-reactive ketones (excluding diaryl/α,β-unsaturated/α-hetero) is 1. The standard InChI is InChI=1S/C29H48N2O6/c1-16(5-8-25(36)30-15-31-26(37)11-17(2)32)20-6-7-21-27-22(14-24(35)29(20,21)4)28(3)10-9-19(33)12-18(28)13-23(27)34/h16,18-24,27,33-35H,5-15H2,1-4H3,(H,30,36)(H,31,37)/t16?,18?,19-,20?,21?,22?,23?,24+,27?,28+,29-/m1/s1. The number of hydrogen-bond donors (Lipinski definition) is 5. The monoisotopic (exact) mass is 520 g/mol. The molecule has 2 amide bonds. The first-order chi connectivity index (χ1) is 17.4. The van der Waals surface area contributed by atoms with Crippen LogP contribution in [0.4, 0.5) is 0 Å². The molecule has 0 heterocycles. The zero-order valence-corrected chi connectivity index (χ0v) is 23.0. The summed E-state index contributed by atoms with van der Waals surface area (Å²) in [7, 11) is 0. The van der Waals surface area contributed by atoms with Crippen LogP contribution in [0.3, 0.4) is 0 Å². The number of amides is 2. The molecule has 0 spiro atoms. The fourth-order valence-electron chi connectivity index (χ4n) is 9.31. The van der Waals surface area contributed by atoms with E-state index in [9.17, 15) is 29.7 Å². The first kappa shape index (κ1) is 28.5. The van der Waals surface area contributed by atoms with Crippen LogP contribution in [-0.4, -0.2) is 57.9 Å². The lowest BCUT2D eigenvalue weighted by Gasteiger charge is -2.63. The number of hydrogen-bond acceptors (Lipinski definition) is 6. The van der Waals surface area contributed by atoms with Crippen LogP contribution < -0.4 is 10.6 Å². The first-order valence-electron chi connectivity index (χ1n) is 14.4. The fourth-order valence-corrected chi connectivity index (χ4v) is 9.31. The summed E-state index contributed by atoms with van der Waals surface area (Å²) in [6.45, 7) is 8.11. The number of aliphatic hydroxyl groups is 3. The Balaban J connectivity index is 1.37. The molecule has 0 aromatic heterocycles. The molecule has 4 rings (SSSR count). The Bertz CT molecular complexity index is 880. The number of nitrogens with one attached hydrogen (secondary N) is 2. The maximum Gasteiger partial charge on any atom is 0.228 e. The topological polar surface area (TPSA) is 136 Å². The lowest BCUT2D eigenvalue weighted by atomic mass is 9.43. The Morgan fingerprint density at radius 2 is 1.65 bits per heavy atom. The second-order valence-electron chi connectivity index (χ2n) is 13.3. The third-order valence-electron chi connectivity index (χ3n) is 11.3. The van der Waals surface area contributed by atoms with Crippen molar-refractivity contribution in [2.45, 2.75) is 110 Å². The Kier molecular flexibility index (Phi) is 8.42. The predicted octanol–water partition coefficient (Wildman–Crippen LogP) is 2.53. The molecule has 0 bridgehead atoms. The summed E-state index contributed by atoms with van der Waals surface area (Å²) in [4.78, 5) is 35.0. The third kappa shape index (κ3) is 5.35. The highest BCUT2D eigenvalue weighted by Gasteiger charge is 2.65. The van der Waals surface area contributed by atoms with Crippen molar-refractivity contribution in [2.24, 2.45) is 46.3 Å². The summed E-state index contributed by atoms with van der Waals surface area (Å²) in [5, 5.41) is 38.6. The molecule has 8 heteroatoms. The van der Waals surface area contributed by atoms with Crippen molar-refractivity contribution in [3.8, 4) is 0 Å². The molecule has 8 nitrogen and oxygen atoms in total. The number of rotatable bonds is 8. The molecule has 0 aromatic rings. The van der Waals surface area contributed by atoms with Gasteiger partial charge in [-0.1, -0.05) is 20.8 Å². The van der Waals surface area contributed by atoms with Crippen LogP contribution in [0.1, 0.15) is 91.9 Å². The molecular formula is C29H48N2O6. The highest BCUT2D eigenvalue weighted by atomic mass is 16.3. The minimum Gasteiger partial charge on any atom is -0.393 e. The molecule has 7 unspecified atom stereocenters. The van der Waals surface area contributed by atoms with Gasteiger partial charge in [0, 0.05) is 6.42 Å². The zero-order valence-electron chi connectivity index (χ0n) is 23.0. The lowest BCUT2D eigenvalue weighted by molar-refractivity contribution is -0.207. The van der Waals surface area contributed by atoms with E-state index < -0.39 is 12.0 Å². The van der Waals surface area contributed by atoms with E-state index in [-0.39, 0.29) is 77.4 Å². The van der Waals surface area contributed by atoms with Crippen molar-refractivity contribution in [3.63, 3.8) is 0 Å². The molecule has 0 radical (unpaired) electrons. The van der Waals surface area contributed by atoms with Gasteiger partial charge in [0.2, 0.25) is 11.8 Å². The molecule has 4 fully saturated rings. The van der Waals surface area contributed by atoms with Crippen LogP contribution in [0.25, 0.3) is 0 Å². The quantitative estimate of drug-likeness (QED) is 0.247. The van der Waals surface area contributed by atoms with Crippen molar-refractivity contribution in [2.75, 3.05) is 6.67 Å². The average molecular weight is 521 g/mol. The largest absolute Gasteiger partial charge is 0.393 e. The lowest BCUT2D eigenvalue weighted by Crippen LogP contribution is -2.62. The summed E-state index contributed by atoms with van der Waals surface area (Å²) >= 11 is 0. The first-order valence-corrected chi connectivity index (χ1v) is 14.4. The smallest absolute Gasteiger partial charge is 0.228 e. The van der Waals surface area contributed by atoms with E-state index in [1.54, 1.807) is 0 Å². The zero-order chi connectivity index (χ0) is 27.1. The Labute approximate surface area is 221 Å². The van der Waals surface area contributed by atoms with Crippen LogP contribution in [0, 0.1) is 46.3 Å². The van der Waals surface area contributed by atoms with Crippen LogP contribution in [0.5, 0.6) is 0 Å². The van der Waals surface area contributed by atoms with Crippen molar-refractivity contribution >= 4 is 17.6 Å². The Morgan fingerprint density at radius 1 is 0.946 bits per heavy atom. The van der Waals surface area contributed by atoms with Crippen molar-refractivity contribution < 1.29 is 29.7 Å². The molecule has 37 heavy (non-hydrogen) atoms. The second kappa shape index (κ2) is 10.9. The van der Waals surface area contributed by atoms with Gasteiger partial charge >= 0.3 is 0 Å². The van der Waals surface area contributed by atoms with Gasteiger partial charge in [-0.2, -0.15) is 0 Å². The molecule has 11 atom stereocenters. The highest BCUT2D eigenvalue weighted by molar-refractivity contribution is 5.96. The van der Waals surface area contributed by atoms with Gasteiger partial charge in [-0.25, -0.2) is 0 Å². The van der Waals surface area contributed by atoms with Gasteiger partial charge in [0.25, 0.3) is 0 Å². The maximum absolute atomic E-state index is 12.4. The number of carbonyl (C=O) groups excluding carboxylic acids is 3. The molecule has 4 saturated carbocycles. The van der Waals surface area contributed by atoms with E-state index in [0.717, 1.165) is 38.5 Å². The highest BCUT2D eigenvalue weighted by Crippen LogP contribution is 2.68. The minimum absolute atomic E-state index is 0.0129. The van der Waals surface area contributed by atoms with Gasteiger partial charge in [-0.05, 0) is 105 Å². The molecule has 210 valence electrons. The van der Waals surface area contributed by atoms with Crippen molar-refractivity contribution in [1.29, 1.82) is 0 Å². The van der Waals surface area contributed by atoms with Crippen molar-refractivity contribution in [3.05, 3.63) is 0 Å². The normalized spacial score (nSPS) is 43.6. The number of ketones is 1.